The van der Waals surface area contributed by atoms with Gasteiger partial charge in [-0.15, -0.1) is 10.2 Å². The van der Waals surface area contributed by atoms with Gasteiger partial charge in [0.25, 0.3) is 0 Å². The largest absolute Gasteiger partial charge is 0.330 e. The van der Waals surface area contributed by atoms with Gasteiger partial charge in [0.1, 0.15) is 5.82 Å². The summed E-state index contributed by atoms with van der Waals surface area (Å²) in [4.78, 5) is 14.6. The van der Waals surface area contributed by atoms with E-state index in [9.17, 15) is 10.1 Å². The van der Waals surface area contributed by atoms with Crippen LogP contribution in [0.1, 0.15) is 12.7 Å². The van der Waals surface area contributed by atoms with Crippen molar-refractivity contribution < 1.29 is 4.92 Å². The highest BCUT2D eigenvalue weighted by Crippen LogP contribution is 2.31. The maximum Gasteiger partial charge on any atom is 0.301 e. The van der Waals surface area contributed by atoms with E-state index in [0.717, 1.165) is 17.6 Å². The second-order valence-corrected chi connectivity index (χ2v) is 4.82. The Morgan fingerprint density at radius 2 is 2.30 bits per heavy atom. The quantitative estimate of drug-likeness (QED) is 0.630. The fraction of sp³-hybridized carbons (Fsp3) is 0.364. The van der Waals surface area contributed by atoms with E-state index in [1.807, 2.05) is 11.5 Å². The van der Waals surface area contributed by atoms with Crippen LogP contribution in [0.4, 0.5) is 5.69 Å². The first-order valence-corrected chi connectivity index (χ1v) is 6.88. The van der Waals surface area contributed by atoms with Crippen molar-refractivity contribution in [1.82, 2.24) is 19.7 Å². The minimum absolute atomic E-state index is 0.0384. The van der Waals surface area contributed by atoms with Gasteiger partial charge in [-0.05, 0) is 31.3 Å². The molecular weight excluding hydrogens is 280 g/mol. The molecule has 2 aromatic heterocycles. The summed E-state index contributed by atoms with van der Waals surface area (Å²) in [5.74, 6) is 0.774. The molecule has 0 aliphatic rings. The lowest BCUT2D eigenvalue weighted by molar-refractivity contribution is -0.388. The molecule has 0 fully saturated rings. The first-order chi connectivity index (χ1) is 9.67. The number of pyridine rings is 1. The van der Waals surface area contributed by atoms with Gasteiger partial charge in [-0.25, -0.2) is 4.98 Å². The summed E-state index contributed by atoms with van der Waals surface area (Å²) in [6.45, 7) is 3.11. The maximum absolute atomic E-state index is 11.0. The molecule has 0 aliphatic heterocycles. The van der Waals surface area contributed by atoms with Crippen LogP contribution in [0.25, 0.3) is 0 Å². The minimum atomic E-state index is -0.456. The van der Waals surface area contributed by atoms with Gasteiger partial charge in [-0.2, -0.15) is 0 Å². The fourth-order valence-corrected chi connectivity index (χ4v) is 2.67. The van der Waals surface area contributed by atoms with Gasteiger partial charge in [0, 0.05) is 25.2 Å². The Labute approximate surface area is 119 Å². The summed E-state index contributed by atoms with van der Waals surface area (Å²) in [7, 11) is 0. The zero-order valence-electron chi connectivity index (χ0n) is 10.9. The smallest absolute Gasteiger partial charge is 0.301 e. The molecule has 0 aromatic carbocycles. The molecule has 106 valence electrons. The summed E-state index contributed by atoms with van der Waals surface area (Å²) in [6.07, 6.45) is 2.13. The molecule has 0 amide bonds. The lowest BCUT2D eigenvalue weighted by Crippen LogP contribution is -2.10. The maximum atomic E-state index is 11.0. The fourth-order valence-electron chi connectivity index (χ4n) is 1.71. The molecule has 0 aliphatic carbocycles. The number of rotatable bonds is 6. The first kappa shape index (κ1) is 14.4. The monoisotopic (exact) mass is 294 g/mol. The average Bonchev–Trinajstić information content (AvgIpc) is 2.81. The first-order valence-electron chi connectivity index (χ1n) is 6.06. The van der Waals surface area contributed by atoms with Crippen LogP contribution in [0, 0.1) is 10.1 Å². The van der Waals surface area contributed by atoms with Gasteiger partial charge in [-0.1, -0.05) is 0 Å². The molecular formula is C11H14N6O2S. The minimum Gasteiger partial charge on any atom is -0.330 e. The Kier molecular flexibility index (Phi) is 4.64. The summed E-state index contributed by atoms with van der Waals surface area (Å²) in [5, 5.41) is 20.0. The van der Waals surface area contributed by atoms with Gasteiger partial charge in [-0.3, -0.25) is 10.1 Å². The van der Waals surface area contributed by atoms with Crippen molar-refractivity contribution in [1.29, 1.82) is 0 Å². The molecule has 9 heteroatoms. The molecule has 0 atom stereocenters. The summed E-state index contributed by atoms with van der Waals surface area (Å²) in [5.41, 5.74) is 5.48. The molecule has 0 spiro atoms. The molecule has 0 bridgehead atoms. The van der Waals surface area contributed by atoms with E-state index >= 15 is 0 Å². The topological polar surface area (TPSA) is 113 Å². The second-order valence-electron chi connectivity index (χ2n) is 3.87. The second kappa shape index (κ2) is 6.44. The highest BCUT2D eigenvalue weighted by Gasteiger charge is 2.19. The number of nitro groups is 1. The molecule has 8 nitrogen and oxygen atoms in total. The normalized spacial score (nSPS) is 10.7. The van der Waals surface area contributed by atoms with Crippen LogP contribution in [-0.4, -0.2) is 31.2 Å². The number of nitrogens with two attached hydrogens (primary N) is 1. The zero-order valence-corrected chi connectivity index (χ0v) is 11.7. The van der Waals surface area contributed by atoms with Gasteiger partial charge < -0.3 is 10.3 Å². The van der Waals surface area contributed by atoms with Crippen LogP contribution in [0.5, 0.6) is 0 Å². The number of hydrogen-bond donors (Lipinski definition) is 1. The van der Waals surface area contributed by atoms with Crippen molar-refractivity contribution in [3.05, 3.63) is 34.3 Å². The van der Waals surface area contributed by atoms with Crippen LogP contribution >= 0.6 is 11.8 Å². The van der Waals surface area contributed by atoms with Gasteiger partial charge in [0.05, 0.1) is 4.92 Å². The predicted octanol–water partition coefficient (Wildman–Crippen LogP) is 1.25. The molecule has 0 saturated heterocycles. The molecule has 0 unspecified atom stereocenters. The summed E-state index contributed by atoms with van der Waals surface area (Å²) < 4.78 is 1.88. The highest BCUT2D eigenvalue weighted by molar-refractivity contribution is 7.99. The van der Waals surface area contributed by atoms with E-state index in [2.05, 4.69) is 15.2 Å². The van der Waals surface area contributed by atoms with Crippen LogP contribution in [-0.2, 0) is 13.0 Å². The van der Waals surface area contributed by atoms with E-state index in [0.29, 0.717) is 29.7 Å². The van der Waals surface area contributed by atoms with Gasteiger partial charge in [0.2, 0.25) is 0 Å². The SMILES string of the molecule is CCn1c(CCN)nnc1Sc1ncccc1[N+](=O)[O-]. The third kappa shape index (κ3) is 2.94. The van der Waals surface area contributed by atoms with E-state index in [1.54, 1.807) is 0 Å². The van der Waals surface area contributed by atoms with Crippen LogP contribution < -0.4 is 5.73 Å². The summed E-state index contributed by atoms with van der Waals surface area (Å²) >= 11 is 1.14. The molecule has 0 saturated carbocycles. The van der Waals surface area contributed by atoms with E-state index in [1.165, 1.54) is 18.3 Å². The van der Waals surface area contributed by atoms with Crippen molar-refractivity contribution in [2.75, 3.05) is 6.54 Å². The van der Waals surface area contributed by atoms with Crippen molar-refractivity contribution in [2.45, 2.75) is 30.1 Å². The van der Waals surface area contributed by atoms with Crippen LogP contribution in [0.3, 0.4) is 0 Å². The molecule has 0 radical (unpaired) electrons. The molecule has 2 rings (SSSR count). The Balaban J connectivity index is 2.33. The summed E-state index contributed by atoms with van der Waals surface area (Å²) in [6, 6.07) is 2.95. The Morgan fingerprint density at radius 3 is 2.95 bits per heavy atom. The van der Waals surface area contributed by atoms with E-state index < -0.39 is 4.92 Å². The number of nitrogens with zero attached hydrogens (tertiary/aromatic N) is 5. The molecule has 2 aromatic rings. The van der Waals surface area contributed by atoms with E-state index in [4.69, 9.17) is 5.73 Å². The highest BCUT2D eigenvalue weighted by atomic mass is 32.2. The Bertz CT molecular complexity index is 615. The lowest BCUT2D eigenvalue weighted by atomic mass is 10.4. The zero-order chi connectivity index (χ0) is 14.5. The molecule has 2 N–H and O–H groups in total. The standard InChI is InChI=1S/C11H14N6O2S/c1-2-16-9(5-6-12)14-15-11(16)20-10-8(17(18)19)4-3-7-13-10/h3-4,7H,2,5-6,12H2,1H3. The molecule has 20 heavy (non-hydrogen) atoms. The number of hydrogen-bond acceptors (Lipinski definition) is 7. The van der Waals surface area contributed by atoms with Crippen molar-refractivity contribution in [3.8, 4) is 0 Å². The van der Waals surface area contributed by atoms with Crippen LogP contribution in [0.2, 0.25) is 0 Å². The van der Waals surface area contributed by atoms with Gasteiger partial charge >= 0.3 is 5.69 Å². The van der Waals surface area contributed by atoms with Crippen molar-refractivity contribution in [2.24, 2.45) is 5.73 Å². The third-order valence-corrected chi connectivity index (χ3v) is 3.61. The number of aromatic nitrogens is 4. The van der Waals surface area contributed by atoms with Gasteiger partial charge in [0.15, 0.2) is 10.2 Å². The predicted molar refractivity (Wildman–Crippen MR) is 73.5 cm³/mol. The average molecular weight is 294 g/mol. The van der Waals surface area contributed by atoms with Crippen LogP contribution in [0.15, 0.2) is 28.5 Å². The van der Waals surface area contributed by atoms with Crippen molar-refractivity contribution in [3.63, 3.8) is 0 Å². The Hall–Kier alpha value is -2.00. The lowest BCUT2D eigenvalue weighted by Gasteiger charge is -2.06. The Morgan fingerprint density at radius 1 is 1.50 bits per heavy atom. The molecule has 2 heterocycles. The van der Waals surface area contributed by atoms with E-state index in [-0.39, 0.29) is 5.69 Å². The third-order valence-electron chi connectivity index (χ3n) is 2.61. The van der Waals surface area contributed by atoms with Crippen molar-refractivity contribution >= 4 is 17.4 Å².